The van der Waals surface area contributed by atoms with Crippen molar-refractivity contribution < 1.29 is 14.7 Å². The van der Waals surface area contributed by atoms with E-state index in [0.717, 1.165) is 19.3 Å². The second-order valence-electron chi connectivity index (χ2n) is 5.56. The van der Waals surface area contributed by atoms with Crippen LogP contribution in [-0.2, 0) is 4.79 Å². The zero-order chi connectivity index (χ0) is 13.8. The highest BCUT2D eigenvalue weighted by atomic mass is 16.4. The van der Waals surface area contributed by atoms with Gasteiger partial charge in [0.25, 0.3) is 0 Å². The summed E-state index contributed by atoms with van der Waals surface area (Å²) in [5, 5.41) is 11.9. The van der Waals surface area contributed by atoms with Gasteiger partial charge in [0.05, 0.1) is 5.92 Å². The molecule has 1 aliphatic carbocycles. The van der Waals surface area contributed by atoms with Crippen molar-refractivity contribution >= 4 is 12.0 Å². The predicted octanol–water partition coefficient (Wildman–Crippen LogP) is 1.85. The molecule has 0 saturated carbocycles. The van der Waals surface area contributed by atoms with Gasteiger partial charge in [-0.3, -0.25) is 4.79 Å². The molecule has 2 rings (SSSR count). The van der Waals surface area contributed by atoms with Crippen LogP contribution in [0.5, 0.6) is 0 Å². The molecule has 0 aromatic carbocycles. The Bertz CT molecular complexity index is 392. The lowest BCUT2D eigenvalue weighted by atomic mass is 9.99. The molecule has 1 aliphatic heterocycles. The number of nitrogens with zero attached hydrogens (tertiary/aromatic N) is 1. The molecule has 0 aromatic rings. The van der Waals surface area contributed by atoms with Crippen LogP contribution in [-0.4, -0.2) is 41.6 Å². The van der Waals surface area contributed by atoms with E-state index in [4.69, 9.17) is 5.11 Å². The highest BCUT2D eigenvalue weighted by Gasteiger charge is 2.36. The summed E-state index contributed by atoms with van der Waals surface area (Å²) in [5.41, 5.74) is 1.43. The fraction of sp³-hybridized carbons (Fsp3) is 0.714. The zero-order valence-electron chi connectivity index (χ0n) is 11.4. The number of urea groups is 1. The fourth-order valence-electron chi connectivity index (χ4n) is 2.86. The third-order valence-corrected chi connectivity index (χ3v) is 4.07. The number of carbonyl (C=O) groups excluding carboxylic acids is 1. The van der Waals surface area contributed by atoms with Crippen molar-refractivity contribution in [1.82, 2.24) is 10.2 Å². The molecule has 1 fully saturated rings. The van der Waals surface area contributed by atoms with Gasteiger partial charge in [-0.25, -0.2) is 4.79 Å². The van der Waals surface area contributed by atoms with E-state index >= 15 is 0 Å². The van der Waals surface area contributed by atoms with Gasteiger partial charge >= 0.3 is 12.0 Å². The second kappa shape index (κ2) is 6.08. The van der Waals surface area contributed by atoms with Gasteiger partial charge < -0.3 is 15.3 Å². The van der Waals surface area contributed by atoms with Gasteiger partial charge in [0.2, 0.25) is 0 Å². The molecule has 0 spiro atoms. The van der Waals surface area contributed by atoms with Crippen LogP contribution in [0.3, 0.4) is 0 Å². The van der Waals surface area contributed by atoms with Crippen molar-refractivity contribution in [3.63, 3.8) is 0 Å². The van der Waals surface area contributed by atoms with Gasteiger partial charge in [-0.15, -0.1) is 0 Å². The van der Waals surface area contributed by atoms with Crippen LogP contribution in [0.2, 0.25) is 0 Å². The quantitative estimate of drug-likeness (QED) is 0.763. The number of allylic oxidation sites excluding steroid dienone is 1. The minimum Gasteiger partial charge on any atom is -0.481 e. The van der Waals surface area contributed by atoms with Crippen LogP contribution in [0, 0.1) is 11.8 Å². The number of hydrogen-bond donors (Lipinski definition) is 2. The molecular formula is C14H22N2O3. The lowest BCUT2D eigenvalue weighted by Gasteiger charge is -2.17. The molecule has 2 unspecified atom stereocenters. The Morgan fingerprint density at radius 2 is 2.26 bits per heavy atom. The molecule has 2 aliphatic rings. The van der Waals surface area contributed by atoms with E-state index in [9.17, 15) is 9.59 Å². The van der Waals surface area contributed by atoms with E-state index in [1.807, 2.05) is 6.92 Å². The van der Waals surface area contributed by atoms with E-state index in [1.165, 1.54) is 12.0 Å². The van der Waals surface area contributed by atoms with E-state index in [0.29, 0.717) is 19.6 Å². The normalized spacial score (nSPS) is 26.4. The van der Waals surface area contributed by atoms with E-state index in [-0.39, 0.29) is 11.9 Å². The average molecular weight is 266 g/mol. The predicted molar refractivity (Wildman–Crippen MR) is 71.8 cm³/mol. The van der Waals surface area contributed by atoms with Crippen LogP contribution in [0.15, 0.2) is 11.6 Å². The molecule has 5 heteroatoms. The number of rotatable bonds is 4. The Morgan fingerprint density at radius 1 is 1.47 bits per heavy atom. The van der Waals surface area contributed by atoms with Crippen molar-refractivity contribution in [2.24, 2.45) is 11.8 Å². The molecular weight excluding hydrogens is 244 g/mol. The first-order valence-corrected chi connectivity index (χ1v) is 7.01. The fourth-order valence-corrected chi connectivity index (χ4v) is 2.86. The molecule has 2 atom stereocenters. The summed E-state index contributed by atoms with van der Waals surface area (Å²) in [6.45, 7) is 3.39. The number of likely N-dealkylation sites (tertiary alicyclic amines) is 1. The minimum absolute atomic E-state index is 0.0285. The maximum absolute atomic E-state index is 11.9. The molecule has 1 saturated heterocycles. The van der Waals surface area contributed by atoms with Gasteiger partial charge in [-0.05, 0) is 31.6 Å². The molecule has 0 radical (unpaired) electrons. The Labute approximate surface area is 113 Å². The van der Waals surface area contributed by atoms with E-state index < -0.39 is 11.9 Å². The smallest absolute Gasteiger partial charge is 0.317 e. The number of carboxylic acid groups (broad SMARTS) is 1. The highest BCUT2D eigenvalue weighted by Crippen LogP contribution is 2.23. The molecule has 2 amide bonds. The number of hydrogen-bond acceptors (Lipinski definition) is 2. The molecule has 0 bridgehead atoms. The third-order valence-electron chi connectivity index (χ3n) is 4.07. The first kappa shape index (κ1) is 13.9. The Balaban J connectivity index is 1.73. The summed E-state index contributed by atoms with van der Waals surface area (Å²) < 4.78 is 0. The van der Waals surface area contributed by atoms with Crippen LogP contribution in [0.25, 0.3) is 0 Å². The van der Waals surface area contributed by atoms with Crippen LogP contribution < -0.4 is 5.32 Å². The maximum Gasteiger partial charge on any atom is 0.317 e. The van der Waals surface area contributed by atoms with Crippen LogP contribution in [0.4, 0.5) is 4.79 Å². The standard InChI is InChI=1S/C14H22N2O3/c1-10-8-16(9-12(10)13(17)18)14(19)15-7-6-11-4-2-3-5-11/h4,10,12H,2-3,5-9H2,1H3,(H,15,19)(H,17,18). The Hall–Kier alpha value is -1.52. The zero-order valence-corrected chi connectivity index (χ0v) is 11.4. The maximum atomic E-state index is 11.9. The van der Waals surface area contributed by atoms with Crippen molar-refractivity contribution in [3.8, 4) is 0 Å². The molecule has 5 nitrogen and oxygen atoms in total. The molecule has 19 heavy (non-hydrogen) atoms. The second-order valence-corrected chi connectivity index (χ2v) is 5.56. The lowest BCUT2D eigenvalue weighted by molar-refractivity contribution is -0.142. The number of carboxylic acids is 1. The highest BCUT2D eigenvalue weighted by molar-refractivity contribution is 5.77. The van der Waals surface area contributed by atoms with Gasteiger partial charge in [0.15, 0.2) is 0 Å². The van der Waals surface area contributed by atoms with Crippen molar-refractivity contribution in [2.75, 3.05) is 19.6 Å². The largest absolute Gasteiger partial charge is 0.481 e. The third kappa shape index (κ3) is 3.49. The van der Waals surface area contributed by atoms with E-state index in [2.05, 4.69) is 11.4 Å². The summed E-state index contributed by atoms with van der Waals surface area (Å²) in [5.74, 6) is -1.21. The SMILES string of the molecule is CC1CN(C(=O)NCCC2=CCCC2)CC1C(=O)O. The Morgan fingerprint density at radius 3 is 2.84 bits per heavy atom. The van der Waals surface area contributed by atoms with E-state index in [1.54, 1.807) is 4.90 Å². The van der Waals surface area contributed by atoms with Crippen LogP contribution >= 0.6 is 0 Å². The molecule has 0 aromatic heterocycles. The van der Waals surface area contributed by atoms with Crippen LogP contribution in [0.1, 0.15) is 32.6 Å². The van der Waals surface area contributed by atoms with Gasteiger partial charge in [-0.2, -0.15) is 0 Å². The number of nitrogens with one attached hydrogen (secondary N) is 1. The topological polar surface area (TPSA) is 69.6 Å². The number of carbonyl (C=O) groups is 2. The monoisotopic (exact) mass is 266 g/mol. The summed E-state index contributed by atoms with van der Waals surface area (Å²) >= 11 is 0. The van der Waals surface area contributed by atoms with Gasteiger partial charge in [0, 0.05) is 19.6 Å². The number of amides is 2. The van der Waals surface area contributed by atoms with Crippen molar-refractivity contribution in [3.05, 3.63) is 11.6 Å². The van der Waals surface area contributed by atoms with Crippen molar-refractivity contribution in [2.45, 2.75) is 32.6 Å². The first-order valence-electron chi connectivity index (χ1n) is 7.01. The van der Waals surface area contributed by atoms with Gasteiger partial charge in [0.1, 0.15) is 0 Å². The molecule has 1 heterocycles. The molecule has 106 valence electrons. The molecule has 2 N–H and O–H groups in total. The summed E-state index contributed by atoms with van der Waals surface area (Å²) in [6, 6.07) is -0.130. The average Bonchev–Trinajstić information content (AvgIpc) is 2.98. The van der Waals surface area contributed by atoms with Crippen molar-refractivity contribution in [1.29, 1.82) is 0 Å². The lowest BCUT2D eigenvalue weighted by Crippen LogP contribution is -2.39. The summed E-state index contributed by atoms with van der Waals surface area (Å²) in [6.07, 6.45) is 6.71. The van der Waals surface area contributed by atoms with Gasteiger partial charge in [-0.1, -0.05) is 18.6 Å². The summed E-state index contributed by atoms with van der Waals surface area (Å²) in [7, 11) is 0. The minimum atomic E-state index is -0.807. The number of aliphatic carboxylic acids is 1. The first-order chi connectivity index (χ1) is 9.08. The Kier molecular flexibility index (Phi) is 4.45. The summed E-state index contributed by atoms with van der Waals surface area (Å²) in [4.78, 5) is 24.6.